The zero-order chi connectivity index (χ0) is 25.5. The second kappa shape index (κ2) is 11.6. The molecule has 3 aromatic rings. The van der Waals surface area contributed by atoms with Gasteiger partial charge in [-0.1, -0.05) is 11.6 Å². The Morgan fingerprint density at radius 1 is 0.944 bits per heavy atom. The Labute approximate surface area is 214 Å². The number of pyridine rings is 1. The highest BCUT2D eigenvalue weighted by atomic mass is 35.5. The van der Waals surface area contributed by atoms with E-state index in [2.05, 4.69) is 25.9 Å². The standard InChI is InChI=1S/C26H28ClN5O4/c1-34-21-8-17(9-22(12-21)35-2)13-30-24(33)19-7-16(14-32-26-28-4-5-29-26)6-18(10-19)20-11-23(27)25(36-3)31-15-20/h6-12,15H,4-5,13-14H2,1-3H3,(H,30,33)(H2,28,29,32). The number of halogens is 1. The largest absolute Gasteiger partial charge is 0.497 e. The number of guanidine groups is 1. The molecule has 1 aliphatic heterocycles. The molecule has 4 rings (SSSR count). The van der Waals surface area contributed by atoms with E-state index < -0.39 is 0 Å². The molecule has 0 bridgehead atoms. The second-order valence-electron chi connectivity index (χ2n) is 8.05. The van der Waals surface area contributed by atoms with E-state index in [1.165, 1.54) is 7.11 Å². The highest BCUT2D eigenvalue weighted by Gasteiger charge is 2.14. The molecule has 188 valence electrons. The van der Waals surface area contributed by atoms with Crippen LogP contribution in [0.5, 0.6) is 17.4 Å². The molecule has 0 fully saturated rings. The number of amides is 1. The van der Waals surface area contributed by atoms with E-state index in [1.807, 2.05) is 30.3 Å². The first-order valence-electron chi connectivity index (χ1n) is 11.3. The van der Waals surface area contributed by atoms with Gasteiger partial charge in [0.25, 0.3) is 5.91 Å². The monoisotopic (exact) mass is 509 g/mol. The number of methoxy groups -OCH3 is 3. The predicted octanol–water partition coefficient (Wildman–Crippen LogP) is 3.41. The molecule has 10 heteroatoms. The summed E-state index contributed by atoms with van der Waals surface area (Å²) in [6.07, 6.45) is 1.67. The molecule has 0 saturated carbocycles. The van der Waals surface area contributed by atoms with Crippen LogP contribution in [0.2, 0.25) is 5.02 Å². The zero-order valence-electron chi connectivity index (χ0n) is 20.4. The summed E-state index contributed by atoms with van der Waals surface area (Å²) in [6, 6.07) is 12.9. The van der Waals surface area contributed by atoms with Crippen LogP contribution >= 0.6 is 11.6 Å². The average molecular weight is 510 g/mol. The number of nitrogens with zero attached hydrogens (tertiary/aromatic N) is 2. The van der Waals surface area contributed by atoms with Crippen LogP contribution in [0, 0.1) is 0 Å². The van der Waals surface area contributed by atoms with Gasteiger partial charge in [-0.05, 0) is 53.1 Å². The molecular formula is C26H28ClN5O4. The number of hydrogen-bond acceptors (Lipinski definition) is 8. The number of rotatable bonds is 9. The number of hydrogen-bond donors (Lipinski definition) is 3. The fraction of sp³-hybridized carbons (Fsp3) is 0.269. The lowest BCUT2D eigenvalue weighted by atomic mass is 10.00. The van der Waals surface area contributed by atoms with Crippen LogP contribution < -0.4 is 30.2 Å². The Hall–Kier alpha value is -3.98. The summed E-state index contributed by atoms with van der Waals surface area (Å²) in [5.41, 5.74) is 3.84. The summed E-state index contributed by atoms with van der Waals surface area (Å²) in [5, 5.41) is 9.83. The SMILES string of the molecule is COc1cc(CNC(=O)c2cc(CNC3=NCCN3)cc(-c3cnc(OC)c(Cl)c3)c2)cc(OC)c1. The molecule has 3 N–H and O–H groups in total. The number of benzene rings is 2. The van der Waals surface area contributed by atoms with Gasteiger partial charge in [0.2, 0.25) is 5.88 Å². The van der Waals surface area contributed by atoms with Crippen molar-refractivity contribution in [2.75, 3.05) is 34.4 Å². The van der Waals surface area contributed by atoms with Crippen LogP contribution in [0.25, 0.3) is 11.1 Å². The van der Waals surface area contributed by atoms with Crippen LogP contribution in [0.3, 0.4) is 0 Å². The van der Waals surface area contributed by atoms with E-state index in [-0.39, 0.29) is 5.91 Å². The molecule has 0 atom stereocenters. The minimum Gasteiger partial charge on any atom is -0.497 e. The van der Waals surface area contributed by atoms with Crippen molar-refractivity contribution in [2.45, 2.75) is 13.1 Å². The van der Waals surface area contributed by atoms with Crippen molar-refractivity contribution < 1.29 is 19.0 Å². The second-order valence-corrected chi connectivity index (χ2v) is 8.46. The Morgan fingerprint density at radius 3 is 2.33 bits per heavy atom. The van der Waals surface area contributed by atoms with Crippen molar-refractivity contribution in [1.29, 1.82) is 0 Å². The lowest BCUT2D eigenvalue weighted by molar-refractivity contribution is 0.0950. The van der Waals surface area contributed by atoms with Crippen LogP contribution in [0.1, 0.15) is 21.5 Å². The molecule has 1 aliphatic rings. The summed E-state index contributed by atoms with van der Waals surface area (Å²) >= 11 is 6.31. The van der Waals surface area contributed by atoms with Gasteiger partial charge in [0.1, 0.15) is 16.5 Å². The van der Waals surface area contributed by atoms with Gasteiger partial charge in [-0.3, -0.25) is 9.79 Å². The van der Waals surface area contributed by atoms with E-state index in [4.69, 9.17) is 25.8 Å². The Morgan fingerprint density at radius 2 is 1.69 bits per heavy atom. The van der Waals surface area contributed by atoms with Gasteiger partial charge in [-0.15, -0.1) is 0 Å². The summed E-state index contributed by atoms with van der Waals surface area (Å²) in [6.45, 7) is 2.34. The van der Waals surface area contributed by atoms with Gasteiger partial charge in [0, 0.05) is 43.0 Å². The maximum atomic E-state index is 13.2. The van der Waals surface area contributed by atoms with Gasteiger partial charge in [-0.2, -0.15) is 0 Å². The number of ether oxygens (including phenoxy) is 3. The molecule has 1 aromatic heterocycles. The van der Waals surface area contributed by atoms with Gasteiger partial charge in [0.15, 0.2) is 5.96 Å². The number of nitrogens with one attached hydrogen (secondary N) is 3. The lowest BCUT2D eigenvalue weighted by Gasteiger charge is -2.13. The Kier molecular flexibility index (Phi) is 8.12. The summed E-state index contributed by atoms with van der Waals surface area (Å²) in [5.74, 6) is 2.18. The van der Waals surface area contributed by atoms with E-state index in [9.17, 15) is 4.79 Å². The first-order valence-corrected chi connectivity index (χ1v) is 11.7. The third kappa shape index (κ3) is 6.17. The van der Waals surface area contributed by atoms with Gasteiger partial charge in [0.05, 0.1) is 27.9 Å². The quantitative estimate of drug-likeness (QED) is 0.406. The maximum Gasteiger partial charge on any atom is 0.251 e. The summed E-state index contributed by atoms with van der Waals surface area (Å²) < 4.78 is 15.8. The number of aromatic nitrogens is 1. The molecular weight excluding hydrogens is 482 g/mol. The van der Waals surface area contributed by atoms with Crippen molar-refractivity contribution in [3.05, 3.63) is 70.4 Å². The van der Waals surface area contributed by atoms with Crippen LogP contribution in [0.15, 0.2) is 53.7 Å². The van der Waals surface area contributed by atoms with Crippen molar-refractivity contribution in [1.82, 2.24) is 20.9 Å². The molecule has 0 aliphatic carbocycles. The van der Waals surface area contributed by atoms with Crippen LogP contribution in [-0.4, -0.2) is 51.3 Å². The maximum absolute atomic E-state index is 13.2. The Balaban J connectivity index is 1.59. The van der Waals surface area contributed by atoms with Crippen molar-refractivity contribution in [3.8, 4) is 28.5 Å². The number of aliphatic imine (C=N–C) groups is 1. The highest BCUT2D eigenvalue weighted by Crippen LogP contribution is 2.29. The first kappa shape index (κ1) is 25.1. The smallest absolute Gasteiger partial charge is 0.251 e. The molecule has 0 spiro atoms. The van der Waals surface area contributed by atoms with E-state index in [0.717, 1.165) is 41.3 Å². The fourth-order valence-corrected chi connectivity index (χ4v) is 4.02. The normalized spacial score (nSPS) is 12.4. The predicted molar refractivity (Wildman–Crippen MR) is 139 cm³/mol. The lowest BCUT2D eigenvalue weighted by Crippen LogP contribution is -2.33. The van der Waals surface area contributed by atoms with Gasteiger partial charge in [-0.25, -0.2) is 4.98 Å². The van der Waals surface area contributed by atoms with Crippen LogP contribution in [-0.2, 0) is 13.1 Å². The van der Waals surface area contributed by atoms with E-state index in [1.54, 1.807) is 32.5 Å². The van der Waals surface area contributed by atoms with Gasteiger partial charge < -0.3 is 30.2 Å². The summed E-state index contributed by atoms with van der Waals surface area (Å²) in [4.78, 5) is 21.8. The Bertz CT molecular complexity index is 1260. The molecule has 9 nitrogen and oxygen atoms in total. The zero-order valence-corrected chi connectivity index (χ0v) is 21.1. The fourth-order valence-electron chi connectivity index (χ4n) is 3.78. The highest BCUT2D eigenvalue weighted by molar-refractivity contribution is 6.32. The summed E-state index contributed by atoms with van der Waals surface area (Å²) in [7, 11) is 4.69. The van der Waals surface area contributed by atoms with E-state index in [0.29, 0.717) is 41.1 Å². The first-order chi connectivity index (χ1) is 17.5. The molecule has 2 aromatic carbocycles. The average Bonchev–Trinajstić information content (AvgIpc) is 3.44. The third-order valence-electron chi connectivity index (χ3n) is 5.59. The minimum absolute atomic E-state index is 0.219. The van der Waals surface area contributed by atoms with Crippen molar-refractivity contribution in [2.24, 2.45) is 4.99 Å². The van der Waals surface area contributed by atoms with E-state index >= 15 is 0 Å². The topological polar surface area (TPSA) is 106 Å². The minimum atomic E-state index is -0.219. The molecule has 0 radical (unpaired) electrons. The molecule has 1 amide bonds. The van der Waals surface area contributed by atoms with Crippen molar-refractivity contribution >= 4 is 23.5 Å². The molecule has 0 saturated heterocycles. The van der Waals surface area contributed by atoms with Gasteiger partial charge >= 0.3 is 0 Å². The van der Waals surface area contributed by atoms with Crippen LogP contribution in [0.4, 0.5) is 0 Å². The third-order valence-corrected chi connectivity index (χ3v) is 5.86. The number of carbonyl (C=O) groups is 1. The molecule has 0 unspecified atom stereocenters. The molecule has 2 heterocycles. The number of carbonyl (C=O) groups excluding carboxylic acids is 1. The molecule has 36 heavy (non-hydrogen) atoms. The van der Waals surface area contributed by atoms with Crippen molar-refractivity contribution in [3.63, 3.8) is 0 Å².